The van der Waals surface area contributed by atoms with Crippen LogP contribution in [0.2, 0.25) is 0 Å². The third-order valence-corrected chi connectivity index (χ3v) is 1.86. The molecule has 0 atom stereocenters. The fourth-order valence-electron chi connectivity index (χ4n) is 1.14. The third kappa shape index (κ3) is 2.38. The van der Waals surface area contributed by atoms with Crippen LogP contribution in [0.4, 0.5) is 0 Å². The highest BCUT2D eigenvalue weighted by Gasteiger charge is 2.12. The molecule has 0 spiro atoms. The molecule has 4 nitrogen and oxygen atoms in total. The van der Waals surface area contributed by atoms with Gasteiger partial charge in [0, 0.05) is 25.7 Å². The summed E-state index contributed by atoms with van der Waals surface area (Å²) in [6.07, 6.45) is 3.35. The molecule has 0 aliphatic carbocycles. The van der Waals surface area contributed by atoms with Gasteiger partial charge in [0.15, 0.2) is 5.88 Å². The molecular weight excluding hydrogens is 190 g/mol. The average molecular weight is 201 g/mol. The number of hydrogen-bond donors (Lipinski definition) is 0. The maximum atomic E-state index is 8.75. The third-order valence-electron chi connectivity index (χ3n) is 1.86. The lowest BCUT2D eigenvalue weighted by Gasteiger charge is -2.21. The van der Waals surface area contributed by atoms with Crippen molar-refractivity contribution in [3.8, 4) is 12.1 Å². The molecule has 1 rings (SSSR count). The minimum atomic E-state index is 0.0944. The van der Waals surface area contributed by atoms with E-state index in [2.05, 4.69) is 0 Å². The fraction of sp³-hybridized carbons (Fsp3) is 0.273. The summed E-state index contributed by atoms with van der Waals surface area (Å²) in [5, 5.41) is 17.5. The highest BCUT2D eigenvalue weighted by Crippen LogP contribution is 2.21. The van der Waals surface area contributed by atoms with Gasteiger partial charge in [0.25, 0.3) is 0 Å². The molecule has 0 amide bonds. The van der Waals surface area contributed by atoms with Crippen LogP contribution in [0.5, 0.6) is 0 Å². The summed E-state index contributed by atoms with van der Waals surface area (Å²) in [4.78, 5) is 1.78. The van der Waals surface area contributed by atoms with Crippen molar-refractivity contribution in [1.29, 1.82) is 10.5 Å². The van der Waals surface area contributed by atoms with E-state index in [0.717, 1.165) is 0 Å². The lowest BCUT2D eigenvalue weighted by Crippen LogP contribution is -2.15. The number of allylic oxidation sites excluding steroid dienone is 5. The topological polar surface area (TPSA) is 60.0 Å². The van der Waals surface area contributed by atoms with Gasteiger partial charge in [-0.3, -0.25) is 0 Å². The summed E-state index contributed by atoms with van der Waals surface area (Å²) in [5.74, 6) is 1.28. The Balaban J connectivity index is 3.22. The molecule has 0 saturated heterocycles. The molecule has 1 aliphatic rings. The van der Waals surface area contributed by atoms with Gasteiger partial charge in [-0.1, -0.05) is 0 Å². The largest absolute Gasteiger partial charge is 0.446 e. The SMILES string of the molecule is CC1=CC(=C(C#N)C#N)C=C(N(C)C)O1. The van der Waals surface area contributed by atoms with E-state index in [1.807, 2.05) is 26.2 Å². The van der Waals surface area contributed by atoms with E-state index in [1.54, 1.807) is 24.0 Å². The van der Waals surface area contributed by atoms with Crippen molar-refractivity contribution in [3.63, 3.8) is 0 Å². The normalized spacial score (nSPS) is 14.1. The Labute approximate surface area is 89.0 Å². The van der Waals surface area contributed by atoms with Crippen molar-refractivity contribution in [2.45, 2.75) is 6.92 Å². The van der Waals surface area contributed by atoms with Gasteiger partial charge in [-0.05, 0) is 13.0 Å². The Hall–Kier alpha value is -2.20. The van der Waals surface area contributed by atoms with Gasteiger partial charge >= 0.3 is 0 Å². The summed E-state index contributed by atoms with van der Waals surface area (Å²) in [7, 11) is 3.67. The van der Waals surface area contributed by atoms with Gasteiger partial charge in [-0.15, -0.1) is 0 Å². The predicted octanol–water partition coefficient (Wildman–Crippen LogP) is 1.67. The molecule has 0 radical (unpaired) electrons. The van der Waals surface area contributed by atoms with E-state index in [1.165, 1.54) is 0 Å². The molecule has 0 N–H and O–H groups in total. The van der Waals surface area contributed by atoms with E-state index < -0.39 is 0 Å². The van der Waals surface area contributed by atoms with E-state index in [-0.39, 0.29) is 5.57 Å². The maximum absolute atomic E-state index is 8.75. The van der Waals surface area contributed by atoms with Crippen molar-refractivity contribution >= 4 is 0 Å². The molecule has 0 aromatic carbocycles. The zero-order chi connectivity index (χ0) is 11.4. The zero-order valence-electron chi connectivity index (χ0n) is 8.90. The van der Waals surface area contributed by atoms with Crippen LogP contribution in [0.25, 0.3) is 0 Å². The average Bonchev–Trinajstić information content (AvgIpc) is 2.18. The van der Waals surface area contributed by atoms with Crippen LogP contribution >= 0.6 is 0 Å². The van der Waals surface area contributed by atoms with Crippen LogP contribution in [-0.2, 0) is 4.74 Å². The monoisotopic (exact) mass is 201 g/mol. The smallest absolute Gasteiger partial charge is 0.195 e. The molecule has 0 bridgehead atoms. The molecule has 15 heavy (non-hydrogen) atoms. The van der Waals surface area contributed by atoms with Crippen LogP contribution in [0.15, 0.2) is 34.9 Å². The van der Waals surface area contributed by atoms with Gasteiger partial charge in [0.2, 0.25) is 0 Å². The van der Waals surface area contributed by atoms with Crippen LogP contribution < -0.4 is 0 Å². The highest BCUT2D eigenvalue weighted by atomic mass is 16.5. The molecular formula is C11H11N3O. The van der Waals surface area contributed by atoms with Crippen molar-refractivity contribution in [1.82, 2.24) is 4.90 Å². The predicted molar refractivity (Wildman–Crippen MR) is 54.9 cm³/mol. The van der Waals surface area contributed by atoms with Gasteiger partial charge in [-0.2, -0.15) is 10.5 Å². The van der Waals surface area contributed by atoms with Crippen LogP contribution in [-0.4, -0.2) is 19.0 Å². The fourth-order valence-corrected chi connectivity index (χ4v) is 1.14. The number of rotatable bonds is 1. The van der Waals surface area contributed by atoms with Gasteiger partial charge in [0.1, 0.15) is 23.5 Å². The summed E-state index contributed by atoms with van der Waals surface area (Å²) in [6.45, 7) is 1.78. The number of ether oxygens (including phenoxy) is 1. The Morgan fingerprint density at radius 2 is 1.87 bits per heavy atom. The second-order valence-electron chi connectivity index (χ2n) is 3.29. The Morgan fingerprint density at radius 3 is 2.33 bits per heavy atom. The summed E-state index contributed by atoms with van der Waals surface area (Å²) < 4.78 is 5.41. The summed E-state index contributed by atoms with van der Waals surface area (Å²) in [5.41, 5.74) is 0.685. The van der Waals surface area contributed by atoms with E-state index in [0.29, 0.717) is 17.2 Å². The number of hydrogen-bond acceptors (Lipinski definition) is 4. The molecule has 0 saturated carbocycles. The van der Waals surface area contributed by atoms with Crippen molar-refractivity contribution in [2.24, 2.45) is 0 Å². The zero-order valence-corrected chi connectivity index (χ0v) is 8.90. The molecule has 0 aromatic rings. The number of nitriles is 2. The molecule has 76 valence electrons. The van der Waals surface area contributed by atoms with Gasteiger partial charge in [0.05, 0.1) is 0 Å². The molecule has 0 unspecified atom stereocenters. The number of nitrogens with zero attached hydrogens (tertiary/aromatic N) is 3. The molecule has 0 fully saturated rings. The Kier molecular flexibility index (Phi) is 3.15. The quantitative estimate of drug-likeness (QED) is 0.605. The van der Waals surface area contributed by atoms with E-state index >= 15 is 0 Å². The van der Waals surface area contributed by atoms with Gasteiger partial charge in [-0.25, -0.2) is 0 Å². The first-order valence-electron chi connectivity index (χ1n) is 4.38. The molecule has 1 aliphatic heterocycles. The first-order chi connectivity index (χ1) is 7.08. The summed E-state index contributed by atoms with van der Waals surface area (Å²) >= 11 is 0. The van der Waals surface area contributed by atoms with Crippen LogP contribution in [0.1, 0.15) is 6.92 Å². The molecule has 1 heterocycles. The van der Waals surface area contributed by atoms with Crippen LogP contribution in [0, 0.1) is 22.7 Å². The van der Waals surface area contributed by atoms with Crippen molar-refractivity contribution < 1.29 is 4.74 Å². The Morgan fingerprint density at radius 1 is 1.27 bits per heavy atom. The highest BCUT2D eigenvalue weighted by molar-refractivity contribution is 5.51. The Bertz CT molecular complexity index is 425. The minimum absolute atomic E-state index is 0.0944. The van der Waals surface area contributed by atoms with Crippen molar-refractivity contribution in [3.05, 3.63) is 34.9 Å². The lowest BCUT2D eigenvalue weighted by molar-refractivity contribution is 0.202. The second kappa shape index (κ2) is 4.34. The first kappa shape index (κ1) is 10.9. The lowest BCUT2D eigenvalue weighted by atomic mass is 10.1. The van der Waals surface area contributed by atoms with Crippen LogP contribution in [0.3, 0.4) is 0 Å². The summed E-state index contributed by atoms with van der Waals surface area (Å²) in [6, 6.07) is 3.71. The van der Waals surface area contributed by atoms with E-state index in [9.17, 15) is 0 Å². The first-order valence-corrected chi connectivity index (χ1v) is 4.38. The minimum Gasteiger partial charge on any atom is -0.446 e. The maximum Gasteiger partial charge on any atom is 0.195 e. The molecule has 4 heteroatoms. The van der Waals surface area contributed by atoms with Gasteiger partial charge < -0.3 is 9.64 Å². The second-order valence-corrected chi connectivity index (χ2v) is 3.29. The van der Waals surface area contributed by atoms with E-state index in [4.69, 9.17) is 15.3 Å². The standard InChI is InChI=1S/C11H11N3O/c1-8-4-9(10(6-12)7-13)5-11(15-8)14(2)3/h4-5H,1-3H3. The van der Waals surface area contributed by atoms with Crippen molar-refractivity contribution in [2.75, 3.05) is 14.1 Å². The molecule has 0 aromatic heterocycles.